The molecule has 0 radical (unpaired) electrons. The Bertz CT molecular complexity index is 225. The zero-order chi connectivity index (χ0) is 12.7. The summed E-state index contributed by atoms with van der Waals surface area (Å²) in [5, 5.41) is 3.33. The first-order valence-corrected chi connectivity index (χ1v) is 6.76. The topological polar surface area (TPSA) is 41.6 Å². The van der Waals surface area contributed by atoms with Crippen LogP contribution in [0.2, 0.25) is 0 Å². The first-order chi connectivity index (χ1) is 8.22. The molecule has 0 aromatic rings. The van der Waals surface area contributed by atoms with E-state index in [0.717, 1.165) is 45.4 Å². The lowest BCUT2D eigenvalue weighted by Crippen LogP contribution is -2.40. The summed E-state index contributed by atoms with van der Waals surface area (Å²) in [7, 11) is 1.47. The van der Waals surface area contributed by atoms with Gasteiger partial charge in [0.1, 0.15) is 6.04 Å². The van der Waals surface area contributed by atoms with Gasteiger partial charge in [0.05, 0.1) is 7.11 Å². The van der Waals surface area contributed by atoms with E-state index in [4.69, 9.17) is 4.74 Å². The second kappa shape index (κ2) is 7.67. The highest BCUT2D eigenvalue weighted by molar-refractivity contribution is 5.76. The van der Waals surface area contributed by atoms with Crippen LogP contribution in [0.3, 0.4) is 0 Å². The lowest BCUT2D eigenvalue weighted by atomic mass is 10.2. The number of nitrogens with zero attached hydrogens (tertiary/aromatic N) is 1. The highest BCUT2D eigenvalue weighted by Gasteiger charge is 2.36. The Labute approximate surface area is 105 Å². The van der Waals surface area contributed by atoms with E-state index >= 15 is 0 Å². The minimum absolute atomic E-state index is 0.0725. The lowest BCUT2D eigenvalue weighted by molar-refractivity contribution is -0.143. The van der Waals surface area contributed by atoms with Crippen LogP contribution < -0.4 is 5.32 Å². The van der Waals surface area contributed by atoms with Gasteiger partial charge in [0, 0.05) is 0 Å². The molecule has 1 rings (SSSR count). The predicted octanol–water partition coefficient (Wildman–Crippen LogP) is 1.26. The Morgan fingerprint density at radius 2 is 2.06 bits per heavy atom. The van der Waals surface area contributed by atoms with Crippen molar-refractivity contribution in [3.63, 3.8) is 0 Å². The largest absolute Gasteiger partial charge is 0.468 e. The minimum atomic E-state index is -0.102. The number of methoxy groups -OCH3 is 1. The number of ether oxygens (including phenoxy) is 1. The molecule has 17 heavy (non-hydrogen) atoms. The van der Waals surface area contributed by atoms with Crippen LogP contribution in [-0.2, 0) is 9.53 Å². The van der Waals surface area contributed by atoms with Gasteiger partial charge in [-0.05, 0) is 51.4 Å². The number of carbonyl (C=O) groups excluding carboxylic acids is 1. The second-order valence-corrected chi connectivity index (χ2v) is 4.67. The summed E-state index contributed by atoms with van der Waals surface area (Å²) in [5.41, 5.74) is 0. The maximum absolute atomic E-state index is 11.5. The fourth-order valence-electron chi connectivity index (χ4n) is 2.10. The summed E-state index contributed by atoms with van der Waals surface area (Å²) in [4.78, 5) is 13.9. The van der Waals surface area contributed by atoms with Gasteiger partial charge in [0.25, 0.3) is 0 Å². The first-order valence-electron chi connectivity index (χ1n) is 6.76. The van der Waals surface area contributed by atoms with E-state index in [1.54, 1.807) is 0 Å². The standard InChI is InChI=1S/C13H26N2O2/c1-4-15(5-2)10-6-9-14-12(11-7-8-11)13(16)17-3/h11-12,14H,4-10H2,1-3H3. The molecule has 1 aliphatic rings. The van der Waals surface area contributed by atoms with Crippen LogP contribution in [0.4, 0.5) is 0 Å². The lowest BCUT2D eigenvalue weighted by Gasteiger charge is -2.19. The van der Waals surface area contributed by atoms with Crippen LogP contribution in [0, 0.1) is 5.92 Å². The van der Waals surface area contributed by atoms with Crippen molar-refractivity contribution in [1.82, 2.24) is 10.2 Å². The molecule has 0 spiro atoms. The van der Waals surface area contributed by atoms with E-state index in [0.29, 0.717) is 5.92 Å². The van der Waals surface area contributed by atoms with Crippen molar-refractivity contribution in [2.24, 2.45) is 5.92 Å². The maximum atomic E-state index is 11.5. The van der Waals surface area contributed by atoms with E-state index in [9.17, 15) is 4.79 Å². The fraction of sp³-hybridized carbons (Fsp3) is 0.923. The zero-order valence-corrected chi connectivity index (χ0v) is 11.4. The summed E-state index contributed by atoms with van der Waals surface area (Å²) in [6.07, 6.45) is 3.40. The molecule has 1 atom stereocenters. The molecule has 1 N–H and O–H groups in total. The van der Waals surface area contributed by atoms with Crippen LogP contribution >= 0.6 is 0 Å². The predicted molar refractivity (Wildman–Crippen MR) is 68.9 cm³/mol. The Hall–Kier alpha value is -0.610. The van der Waals surface area contributed by atoms with Crippen LogP contribution in [0.15, 0.2) is 0 Å². The molecular weight excluding hydrogens is 216 g/mol. The number of nitrogens with one attached hydrogen (secondary N) is 1. The van der Waals surface area contributed by atoms with Crippen molar-refractivity contribution < 1.29 is 9.53 Å². The van der Waals surface area contributed by atoms with Gasteiger partial charge in [-0.15, -0.1) is 0 Å². The first kappa shape index (κ1) is 14.5. The average molecular weight is 242 g/mol. The molecule has 0 aromatic carbocycles. The van der Waals surface area contributed by atoms with Gasteiger partial charge in [0.15, 0.2) is 0 Å². The number of rotatable bonds is 9. The van der Waals surface area contributed by atoms with Gasteiger partial charge >= 0.3 is 5.97 Å². The van der Waals surface area contributed by atoms with Crippen molar-refractivity contribution in [1.29, 1.82) is 0 Å². The molecule has 1 saturated carbocycles. The van der Waals surface area contributed by atoms with Crippen molar-refractivity contribution >= 4 is 5.97 Å². The molecule has 1 unspecified atom stereocenters. The summed E-state index contributed by atoms with van der Waals surface area (Å²) in [6.45, 7) is 8.54. The molecule has 1 fully saturated rings. The highest BCUT2D eigenvalue weighted by atomic mass is 16.5. The molecular formula is C13H26N2O2. The third-order valence-electron chi connectivity index (χ3n) is 3.46. The van der Waals surface area contributed by atoms with E-state index in [1.165, 1.54) is 7.11 Å². The van der Waals surface area contributed by atoms with Crippen molar-refractivity contribution in [3.05, 3.63) is 0 Å². The van der Waals surface area contributed by atoms with Gasteiger partial charge < -0.3 is 15.0 Å². The Balaban J connectivity index is 2.16. The molecule has 0 bridgehead atoms. The van der Waals surface area contributed by atoms with Gasteiger partial charge in [-0.25, -0.2) is 0 Å². The molecule has 0 amide bonds. The van der Waals surface area contributed by atoms with Gasteiger partial charge in [-0.3, -0.25) is 4.79 Å². The van der Waals surface area contributed by atoms with Crippen LogP contribution in [-0.4, -0.2) is 50.2 Å². The molecule has 0 heterocycles. The highest BCUT2D eigenvalue weighted by Crippen LogP contribution is 2.33. The molecule has 0 aromatic heterocycles. The van der Waals surface area contributed by atoms with Gasteiger partial charge in [-0.1, -0.05) is 13.8 Å². The van der Waals surface area contributed by atoms with Crippen molar-refractivity contribution in [2.45, 2.75) is 39.2 Å². The third kappa shape index (κ3) is 5.04. The van der Waals surface area contributed by atoms with Crippen molar-refractivity contribution in [3.8, 4) is 0 Å². The quantitative estimate of drug-likeness (QED) is 0.488. The Kier molecular flexibility index (Phi) is 6.52. The Morgan fingerprint density at radius 3 is 2.53 bits per heavy atom. The molecule has 0 aliphatic heterocycles. The van der Waals surface area contributed by atoms with Gasteiger partial charge in [-0.2, -0.15) is 0 Å². The fourth-order valence-corrected chi connectivity index (χ4v) is 2.10. The minimum Gasteiger partial charge on any atom is -0.468 e. The van der Waals surface area contributed by atoms with E-state index in [1.807, 2.05) is 0 Å². The average Bonchev–Trinajstić information content (AvgIpc) is 3.17. The van der Waals surface area contributed by atoms with E-state index in [-0.39, 0.29) is 12.0 Å². The van der Waals surface area contributed by atoms with E-state index in [2.05, 4.69) is 24.1 Å². The number of esters is 1. The third-order valence-corrected chi connectivity index (χ3v) is 3.46. The Morgan fingerprint density at radius 1 is 1.41 bits per heavy atom. The van der Waals surface area contributed by atoms with E-state index < -0.39 is 0 Å². The van der Waals surface area contributed by atoms with Gasteiger partial charge in [0.2, 0.25) is 0 Å². The molecule has 4 nitrogen and oxygen atoms in total. The summed E-state index contributed by atoms with van der Waals surface area (Å²) < 4.78 is 4.82. The number of hydrogen-bond acceptors (Lipinski definition) is 4. The monoisotopic (exact) mass is 242 g/mol. The van der Waals surface area contributed by atoms with Crippen LogP contribution in [0.5, 0.6) is 0 Å². The maximum Gasteiger partial charge on any atom is 0.323 e. The normalized spacial score (nSPS) is 17.2. The SMILES string of the molecule is CCN(CC)CCCNC(C(=O)OC)C1CC1. The van der Waals surface area contributed by atoms with Crippen LogP contribution in [0.25, 0.3) is 0 Å². The smallest absolute Gasteiger partial charge is 0.323 e. The molecule has 0 saturated heterocycles. The van der Waals surface area contributed by atoms with Crippen LogP contribution in [0.1, 0.15) is 33.1 Å². The summed E-state index contributed by atoms with van der Waals surface area (Å²) in [6, 6.07) is -0.0725. The zero-order valence-electron chi connectivity index (χ0n) is 11.4. The summed E-state index contributed by atoms with van der Waals surface area (Å²) >= 11 is 0. The molecule has 1 aliphatic carbocycles. The second-order valence-electron chi connectivity index (χ2n) is 4.67. The molecule has 4 heteroatoms. The molecule has 100 valence electrons. The number of carbonyl (C=O) groups is 1. The summed E-state index contributed by atoms with van der Waals surface area (Å²) in [5.74, 6) is 0.409. The van der Waals surface area contributed by atoms with Crippen molar-refractivity contribution in [2.75, 3.05) is 33.3 Å². The number of hydrogen-bond donors (Lipinski definition) is 1.